The van der Waals surface area contributed by atoms with Crippen molar-refractivity contribution in [2.45, 2.75) is 58.7 Å². The molecule has 2 atom stereocenters. The first kappa shape index (κ1) is 27.9. The summed E-state index contributed by atoms with van der Waals surface area (Å²) in [5.74, 6) is -2.28. The quantitative estimate of drug-likeness (QED) is 0.385. The predicted octanol–water partition coefficient (Wildman–Crippen LogP) is 3.17. The summed E-state index contributed by atoms with van der Waals surface area (Å²) >= 11 is 0. The van der Waals surface area contributed by atoms with Crippen LogP contribution in [-0.4, -0.2) is 40.4 Å². The average Bonchev–Trinajstić information content (AvgIpc) is 2.77. The number of nitrogens with one attached hydrogen (secondary N) is 2. The summed E-state index contributed by atoms with van der Waals surface area (Å²) in [6, 6.07) is 13.7. The highest BCUT2D eigenvalue weighted by atomic mass is 16.6. The monoisotopic (exact) mass is 492 g/mol. The molecule has 2 rings (SSSR count). The highest BCUT2D eigenvalue weighted by Gasteiger charge is 2.37. The van der Waals surface area contributed by atoms with Gasteiger partial charge in [-0.2, -0.15) is 0 Å². The maximum atomic E-state index is 13.6. The van der Waals surface area contributed by atoms with Crippen LogP contribution < -0.4 is 16.4 Å². The van der Waals surface area contributed by atoms with Gasteiger partial charge in [0.2, 0.25) is 5.91 Å². The first-order valence-corrected chi connectivity index (χ1v) is 11.3. The summed E-state index contributed by atoms with van der Waals surface area (Å²) in [4.78, 5) is 52.1. The molecule has 2 aromatic carbocycles. The van der Waals surface area contributed by atoms with E-state index < -0.39 is 47.9 Å². The molecular weight excluding hydrogens is 460 g/mol. The number of hydrogen-bond donors (Lipinski definition) is 3. The Morgan fingerprint density at radius 3 is 2.14 bits per heavy atom. The third-order valence-electron chi connectivity index (χ3n) is 5.16. The Balaban J connectivity index is 2.49. The molecule has 2 aromatic rings. The molecule has 190 valence electrons. The van der Waals surface area contributed by atoms with Crippen molar-refractivity contribution in [2.24, 2.45) is 5.73 Å². The summed E-state index contributed by atoms with van der Waals surface area (Å²) in [6.45, 7) is 8.55. The number of carbonyl (C=O) groups is 4. The zero-order chi connectivity index (χ0) is 27.0. The fraction of sp³-hybridized carbons (Fsp3) is 0.333. The Kier molecular flexibility index (Phi) is 9.22. The predicted molar refractivity (Wildman–Crippen MR) is 136 cm³/mol. The number of benzene rings is 2. The topological polar surface area (TPSA) is 131 Å². The maximum Gasteiger partial charge on any atom is 0.408 e. The van der Waals surface area contributed by atoms with E-state index in [1.54, 1.807) is 64.1 Å². The molecule has 0 aromatic heterocycles. The summed E-state index contributed by atoms with van der Waals surface area (Å²) in [5, 5.41) is 5.18. The van der Waals surface area contributed by atoms with Crippen molar-refractivity contribution >= 4 is 29.5 Å². The minimum atomic E-state index is -1.45. The fourth-order valence-electron chi connectivity index (χ4n) is 3.49. The van der Waals surface area contributed by atoms with Crippen molar-refractivity contribution < 1.29 is 23.9 Å². The van der Waals surface area contributed by atoms with Crippen molar-refractivity contribution in [3.05, 3.63) is 65.2 Å². The van der Waals surface area contributed by atoms with E-state index in [1.165, 1.54) is 0 Å². The van der Waals surface area contributed by atoms with E-state index in [2.05, 4.69) is 16.7 Å². The van der Waals surface area contributed by atoms with Gasteiger partial charge in [-0.15, -0.1) is 0 Å². The lowest BCUT2D eigenvalue weighted by molar-refractivity contribution is -0.138. The number of para-hydroxylation sites is 1. The van der Waals surface area contributed by atoms with Crippen LogP contribution in [0.3, 0.4) is 0 Å². The highest BCUT2D eigenvalue weighted by Crippen LogP contribution is 2.27. The van der Waals surface area contributed by atoms with Gasteiger partial charge in [0.1, 0.15) is 17.7 Å². The van der Waals surface area contributed by atoms with Crippen LogP contribution >= 0.6 is 0 Å². The molecule has 9 nitrogen and oxygen atoms in total. The second kappa shape index (κ2) is 11.9. The van der Waals surface area contributed by atoms with Gasteiger partial charge < -0.3 is 21.1 Å². The Bertz CT molecular complexity index is 1180. The maximum absolute atomic E-state index is 13.6. The summed E-state index contributed by atoms with van der Waals surface area (Å²) in [6.07, 6.45) is 4.26. The average molecular weight is 493 g/mol. The Morgan fingerprint density at radius 1 is 1.03 bits per heavy atom. The molecule has 0 aliphatic rings. The van der Waals surface area contributed by atoms with Crippen molar-refractivity contribution in [1.29, 1.82) is 0 Å². The van der Waals surface area contributed by atoms with Crippen molar-refractivity contribution in [3.63, 3.8) is 0 Å². The van der Waals surface area contributed by atoms with Crippen LogP contribution in [0.5, 0.6) is 0 Å². The molecule has 0 bridgehead atoms. The van der Waals surface area contributed by atoms with E-state index in [9.17, 15) is 19.2 Å². The Hall–Kier alpha value is -4.32. The number of terminal acetylenes is 1. The molecule has 0 saturated heterocycles. The molecule has 0 aliphatic carbocycles. The van der Waals surface area contributed by atoms with Crippen LogP contribution in [0.2, 0.25) is 0 Å². The largest absolute Gasteiger partial charge is 0.444 e. The first-order valence-electron chi connectivity index (χ1n) is 11.3. The minimum absolute atomic E-state index is 0.477. The molecule has 0 saturated carbocycles. The molecule has 4 amide bonds. The number of hydrogen-bond acceptors (Lipinski definition) is 5. The van der Waals surface area contributed by atoms with Gasteiger partial charge in [-0.25, -0.2) is 4.79 Å². The minimum Gasteiger partial charge on any atom is -0.444 e. The number of ether oxygens (including phenoxy) is 1. The third-order valence-corrected chi connectivity index (χ3v) is 5.16. The molecule has 36 heavy (non-hydrogen) atoms. The second-order valence-electron chi connectivity index (χ2n) is 9.27. The number of nitrogens with zero attached hydrogens (tertiary/aromatic N) is 1. The first-order chi connectivity index (χ1) is 16.8. The van der Waals surface area contributed by atoms with Gasteiger partial charge in [-0.3, -0.25) is 19.3 Å². The molecule has 0 spiro atoms. The second-order valence-corrected chi connectivity index (χ2v) is 9.27. The van der Waals surface area contributed by atoms with Crippen LogP contribution in [0.25, 0.3) is 0 Å². The standard InChI is InChI=1S/C27H32N4O5/c1-7-31(25(34)21(16-22(28)32)30-26(35)36-27(4,5)6)23(19-14-10-8-12-17(19)2)24(33)29-20-15-11-9-13-18(20)3/h1,8-15,21,23H,16H2,2-6H3,(H2,28,32)(H,29,33)(H,30,35). The van der Waals surface area contributed by atoms with Crippen LogP contribution in [0, 0.1) is 26.3 Å². The van der Waals surface area contributed by atoms with E-state index in [1.807, 2.05) is 19.1 Å². The van der Waals surface area contributed by atoms with Gasteiger partial charge >= 0.3 is 6.09 Å². The van der Waals surface area contributed by atoms with Gasteiger partial charge in [0.25, 0.3) is 11.8 Å². The molecular formula is C27H32N4O5. The molecule has 0 heterocycles. The zero-order valence-corrected chi connectivity index (χ0v) is 21.1. The number of carbonyl (C=O) groups excluding carboxylic acids is 4. The lowest BCUT2D eigenvalue weighted by Crippen LogP contribution is -2.52. The third kappa shape index (κ3) is 7.60. The summed E-state index contributed by atoms with van der Waals surface area (Å²) in [7, 11) is 0. The molecule has 0 fully saturated rings. The zero-order valence-electron chi connectivity index (χ0n) is 21.1. The molecule has 4 N–H and O–H groups in total. The summed E-state index contributed by atoms with van der Waals surface area (Å²) < 4.78 is 5.21. The number of amides is 4. The smallest absolute Gasteiger partial charge is 0.408 e. The normalized spacial score (nSPS) is 12.4. The van der Waals surface area contributed by atoms with Crippen molar-refractivity contribution in [3.8, 4) is 12.5 Å². The van der Waals surface area contributed by atoms with Crippen LogP contribution in [0.1, 0.15) is 49.9 Å². The molecule has 0 radical (unpaired) electrons. The van der Waals surface area contributed by atoms with Crippen molar-refractivity contribution in [2.75, 3.05) is 5.32 Å². The van der Waals surface area contributed by atoms with E-state index in [4.69, 9.17) is 16.9 Å². The molecule has 0 aliphatic heterocycles. The SMILES string of the molecule is C#CN(C(=O)C(CC(N)=O)NC(=O)OC(C)(C)C)C(C(=O)Nc1ccccc1C)c1ccccc1C. The Morgan fingerprint density at radius 2 is 1.61 bits per heavy atom. The molecule has 9 heteroatoms. The Labute approximate surface area is 211 Å². The number of nitrogens with two attached hydrogens (primary N) is 1. The van der Waals surface area contributed by atoms with Gasteiger partial charge in [-0.1, -0.05) is 48.9 Å². The number of primary amides is 1. The van der Waals surface area contributed by atoms with Crippen molar-refractivity contribution in [1.82, 2.24) is 10.2 Å². The summed E-state index contributed by atoms with van der Waals surface area (Å²) in [5.41, 5.74) is 7.02. The highest BCUT2D eigenvalue weighted by molar-refractivity contribution is 6.00. The van der Waals surface area contributed by atoms with Crippen LogP contribution in [0.15, 0.2) is 48.5 Å². The van der Waals surface area contributed by atoms with Crippen LogP contribution in [0.4, 0.5) is 10.5 Å². The van der Waals surface area contributed by atoms with Gasteiger partial charge in [0, 0.05) is 11.7 Å². The number of rotatable bonds is 8. The lowest BCUT2D eigenvalue weighted by Gasteiger charge is -2.31. The van der Waals surface area contributed by atoms with Gasteiger partial charge in [0.15, 0.2) is 0 Å². The van der Waals surface area contributed by atoms with Gasteiger partial charge in [-0.05, 0) is 57.4 Å². The lowest BCUT2D eigenvalue weighted by atomic mass is 9.98. The fourth-order valence-corrected chi connectivity index (χ4v) is 3.49. The molecule has 2 unspecified atom stereocenters. The van der Waals surface area contributed by atoms with E-state index in [-0.39, 0.29) is 0 Å². The van der Waals surface area contributed by atoms with E-state index >= 15 is 0 Å². The van der Waals surface area contributed by atoms with Gasteiger partial charge in [0.05, 0.1) is 6.42 Å². The van der Waals surface area contributed by atoms with E-state index in [0.717, 1.165) is 10.5 Å². The number of alkyl carbamates (subject to hydrolysis) is 1. The van der Waals surface area contributed by atoms with E-state index in [0.29, 0.717) is 16.8 Å². The number of aryl methyl sites for hydroxylation is 2. The van der Waals surface area contributed by atoms with Crippen LogP contribution in [-0.2, 0) is 19.1 Å². The number of anilines is 1.